The molecule has 1 aromatic heterocycles. The van der Waals surface area contributed by atoms with Crippen LogP contribution < -0.4 is 4.74 Å². The first kappa shape index (κ1) is 12.8. The maximum absolute atomic E-state index is 12.1. The molecule has 0 radical (unpaired) electrons. The maximum Gasteiger partial charge on any atom is 0.166 e. The van der Waals surface area contributed by atoms with Crippen molar-refractivity contribution in [3.8, 4) is 5.75 Å². The van der Waals surface area contributed by atoms with E-state index in [1.54, 1.807) is 6.20 Å². The predicted octanol–water partition coefficient (Wildman–Crippen LogP) is 3.09. The van der Waals surface area contributed by atoms with Crippen molar-refractivity contribution < 1.29 is 14.3 Å². The normalized spacial score (nSPS) is 22.7. The summed E-state index contributed by atoms with van der Waals surface area (Å²) in [7, 11) is 0. The number of ketones is 1. The molecule has 2 aromatic rings. The Bertz CT molecular complexity index is 686. The van der Waals surface area contributed by atoms with Crippen molar-refractivity contribution in [3.63, 3.8) is 0 Å². The van der Waals surface area contributed by atoms with Crippen molar-refractivity contribution in [3.05, 3.63) is 23.9 Å². The number of carbonyl (C=O) groups is 1. The van der Waals surface area contributed by atoms with E-state index in [0.717, 1.165) is 43.2 Å². The van der Waals surface area contributed by atoms with Crippen LogP contribution in [0, 0.1) is 0 Å². The lowest BCUT2D eigenvalue weighted by Crippen LogP contribution is -2.18. The van der Waals surface area contributed by atoms with E-state index in [4.69, 9.17) is 9.47 Å². The second-order valence-corrected chi connectivity index (χ2v) is 5.66. The van der Waals surface area contributed by atoms with Gasteiger partial charge in [0.2, 0.25) is 0 Å². The van der Waals surface area contributed by atoms with Crippen molar-refractivity contribution >= 4 is 16.7 Å². The molecule has 110 valence electrons. The van der Waals surface area contributed by atoms with Crippen LogP contribution in [-0.4, -0.2) is 28.8 Å². The van der Waals surface area contributed by atoms with Gasteiger partial charge in [0.15, 0.2) is 12.0 Å². The number of carbonyl (C=O) groups excluding carboxylic acids is 1. The van der Waals surface area contributed by atoms with Gasteiger partial charge < -0.3 is 9.47 Å². The van der Waals surface area contributed by atoms with Crippen molar-refractivity contribution in [2.75, 3.05) is 13.2 Å². The van der Waals surface area contributed by atoms with Gasteiger partial charge in [-0.1, -0.05) is 0 Å². The number of Topliss-reactive ketones (excluding diaryl/α,β-unsaturated/α-hetero) is 1. The quantitative estimate of drug-likeness (QED) is 0.808. The van der Waals surface area contributed by atoms with Crippen molar-refractivity contribution in [2.45, 2.75) is 38.3 Å². The van der Waals surface area contributed by atoms with E-state index >= 15 is 0 Å². The first-order valence-electron chi connectivity index (χ1n) is 7.62. The Kier molecular flexibility index (Phi) is 3.15. The second kappa shape index (κ2) is 5.15. The average molecular weight is 286 g/mol. The predicted molar refractivity (Wildman–Crippen MR) is 77.6 cm³/mol. The summed E-state index contributed by atoms with van der Waals surface area (Å²) in [6.07, 6.45) is 6.37. The topological polar surface area (TPSA) is 53.3 Å². The van der Waals surface area contributed by atoms with E-state index in [0.29, 0.717) is 24.3 Å². The number of hydrogen-bond donors (Lipinski definition) is 0. The maximum atomic E-state index is 12.1. The zero-order valence-corrected chi connectivity index (χ0v) is 11.9. The Hall–Kier alpha value is -1.88. The minimum Gasteiger partial charge on any atom is -0.492 e. The summed E-state index contributed by atoms with van der Waals surface area (Å²) in [5.74, 6) is 0.850. The number of nitrogens with zero attached hydrogens (tertiary/aromatic N) is 2. The molecule has 2 aliphatic rings. The number of hydrogen-bond acceptors (Lipinski definition) is 4. The zero-order chi connectivity index (χ0) is 14.2. The number of rotatable bonds is 1. The molecule has 3 heterocycles. The number of ether oxygens (including phenoxy) is 2. The molecule has 0 N–H and O–H groups in total. The Balaban J connectivity index is 1.82. The van der Waals surface area contributed by atoms with E-state index < -0.39 is 0 Å². The van der Waals surface area contributed by atoms with Crippen LogP contribution in [0.2, 0.25) is 0 Å². The second-order valence-electron chi connectivity index (χ2n) is 5.66. The molecule has 21 heavy (non-hydrogen) atoms. The van der Waals surface area contributed by atoms with Gasteiger partial charge in [-0.25, -0.2) is 4.68 Å². The SMILES string of the molecule is O=C1CCCOc2c1ccc1c2cnn1C1CCCCO1. The smallest absolute Gasteiger partial charge is 0.166 e. The van der Waals surface area contributed by atoms with Crippen LogP contribution >= 0.6 is 0 Å². The zero-order valence-electron chi connectivity index (χ0n) is 11.9. The molecule has 1 unspecified atom stereocenters. The van der Waals surface area contributed by atoms with Gasteiger partial charge in [-0.05, 0) is 37.8 Å². The van der Waals surface area contributed by atoms with Gasteiger partial charge in [0, 0.05) is 13.0 Å². The molecule has 1 aromatic carbocycles. The summed E-state index contributed by atoms with van der Waals surface area (Å²) in [4.78, 5) is 12.1. The fourth-order valence-corrected chi connectivity index (χ4v) is 3.16. The fourth-order valence-electron chi connectivity index (χ4n) is 3.16. The molecule has 5 nitrogen and oxygen atoms in total. The molecule has 1 atom stereocenters. The summed E-state index contributed by atoms with van der Waals surface area (Å²) in [5, 5.41) is 5.40. The average Bonchev–Trinajstić information content (AvgIpc) is 2.87. The number of benzene rings is 1. The molecule has 1 fully saturated rings. The van der Waals surface area contributed by atoms with Crippen LogP contribution in [0.5, 0.6) is 5.75 Å². The summed E-state index contributed by atoms with van der Waals surface area (Å²) < 4.78 is 13.6. The van der Waals surface area contributed by atoms with Gasteiger partial charge in [0.1, 0.15) is 5.75 Å². The van der Waals surface area contributed by atoms with Gasteiger partial charge in [-0.3, -0.25) is 4.79 Å². The Morgan fingerprint density at radius 3 is 3.00 bits per heavy atom. The van der Waals surface area contributed by atoms with Gasteiger partial charge in [-0.2, -0.15) is 5.10 Å². The lowest BCUT2D eigenvalue weighted by Gasteiger charge is -2.23. The molecule has 0 bridgehead atoms. The Morgan fingerprint density at radius 1 is 1.19 bits per heavy atom. The van der Waals surface area contributed by atoms with Crippen LogP contribution in [0.4, 0.5) is 0 Å². The molecule has 2 aliphatic heterocycles. The highest BCUT2D eigenvalue weighted by atomic mass is 16.5. The van der Waals surface area contributed by atoms with E-state index in [-0.39, 0.29) is 12.0 Å². The third kappa shape index (κ3) is 2.12. The minimum atomic E-state index is -0.00391. The molecular weight excluding hydrogens is 268 g/mol. The highest BCUT2D eigenvalue weighted by Crippen LogP contribution is 2.35. The third-order valence-electron chi connectivity index (χ3n) is 4.25. The Morgan fingerprint density at radius 2 is 2.14 bits per heavy atom. The minimum absolute atomic E-state index is 0.00391. The summed E-state index contributed by atoms with van der Waals surface area (Å²) in [6, 6.07) is 3.83. The Labute approximate surface area is 122 Å². The van der Waals surface area contributed by atoms with Crippen LogP contribution in [0.15, 0.2) is 18.3 Å². The van der Waals surface area contributed by atoms with Gasteiger partial charge in [0.05, 0.1) is 29.3 Å². The highest BCUT2D eigenvalue weighted by molar-refractivity contribution is 6.04. The van der Waals surface area contributed by atoms with E-state index in [1.165, 1.54) is 0 Å². The lowest BCUT2D eigenvalue weighted by atomic mass is 10.0. The summed E-state index contributed by atoms with van der Waals surface area (Å²) >= 11 is 0. The van der Waals surface area contributed by atoms with Gasteiger partial charge in [-0.15, -0.1) is 0 Å². The van der Waals surface area contributed by atoms with Crippen LogP contribution in [0.25, 0.3) is 10.9 Å². The molecule has 0 spiro atoms. The largest absolute Gasteiger partial charge is 0.492 e. The van der Waals surface area contributed by atoms with Crippen LogP contribution in [0.3, 0.4) is 0 Å². The highest BCUT2D eigenvalue weighted by Gasteiger charge is 2.23. The van der Waals surface area contributed by atoms with E-state index in [9.17, 15) is 4.79 Å². The van der Waals surface area contributed by atoms with Gasteiger partial charge >= 0.3 is 0 Å². The lowest BCUT2D eigenvalue weighted by molar-refractivity contribution is -0.0366. The monoisotopic (exact) mass is 286 g/mol. The van der Waals surface area contributed by atoms with Crippen LogP contribution in [-0.2, 0) is 4.74 Å². The molecule has 5 heteroatoms. The third-order valence-corrected chi connectivity index (χ3v) is 4.25. The first-order chi connectivity index (χ1) is 10.3. The van der Waals surface area contributed by atoms with Crippen molar-refractivity contribution in [1.82, 2.24) is 9.78 Å². The van der Waals surface area contributed by atoms with Gasteiger partial charge in [0.25, 0.3) is 0 Å². The van der Waals surface area contributed by atoms with E-state index in [2.05, 4.69) is 5.10 Å². The fraction of sp³-hybridized carbons (Fsp3) is 0.500. The molecule has 0 amide bonds. The number of fused-ring (bicyclic) bond motifs is 3. The van der Waals surface area contributed by atoms with E-state index in [1.807, 2.05) is 16.8 Å². The molecule has 4 rings (SSSR count). The number of aromatic nitrogens is 2. The standard InChI is InChI=1S/C16H18N2O3/c19-14-4-3-9-21-16-11(14)6-7-13-12(16)10-17-18(13)15-5-1-2-8-20-15/h6-7,10,15H,1-5,8-9H2. The van der Waals surface area contributed by atoms with Crippen molar-refractivity contribution in [2.24, 2.45) is 0 Å². The van der Waals surface area contributed by atoms with Crippen LogP contribution in [0.1, 0.15) is 48.7 Å². The molecular formula is C16H18N2O3. The molecule has 1 saturated heterocycles. The summed E-state index contributed by atoms with van der Waals surface area (Å²) in [6.45, 7) is 1.37. The molecule has 0 aliphatic carbocycles. The van der Waals surface area contributed by atoms with Crippen molar-refractivity contribution in [1.29, 1.82) is 0 Å². The first-order valence-corrected chi connectivity index (χ1v) is 7.62. The molecule has 0 saturated carbocycles. The summed E-state index contributed by atoms with van der Waals surface area (Å²) in [5.41, 5.74) is 1.67.